The molecule has 0 aliphatic carbocycles. The van der Waals surface area contributed by atoms with Crippen molar-refractivity contribution in [3.63, 3.8) is 0 Å². The molecule has 0 radical (unpaired) electrons. The van der Waals surface area contributed by atoms with Gasteiger partial charge in [0.2, 0.25) is 0 Å². The maximum Gasteiger partial charge on any atom is 0.0887 e. The fourth-order valence-electron chi connectivity index (χ4n) is 1.35. The molecule has 2 aromatic rings. The van der Waals surface area contributed by atoms with Crippen molar-refractivity contribution in [3.8, 4) is 0 Å². The van der Waals surface area contributed by atoms with Crippen molar-refractivity contribution in [2.45, 2.75) is 4.83 Å². The first-order chi connectivity index (χ1) is 7.99. The lowest BCUT2D eigenvalue weighted by atomic mass is 10.1. The van der Waals surface area contributed by atoms with Gasteiger partial charge in [0.05, 0.1) is 13.6 Å². The van der Waals surface area contributed by atoms with Crippen LogP contribution in [0.5, 0.6) is 0 Å². The van der Waals surface area contributed by atoms with Crippen LogP contribution in [0.1, 0.15) is 15.3 Å². The molecule has 0 fully saturated rings. The molecule has 0 N–H and O–H groups in total. The van der Waals surface area contributed by atoms with E-state index in [1.807, 2.05) is 24.3 Å². The monoisotopic (exact) mass is 476 g/mol. The summed E-state index contributed by atoms with van der Waals surface area (Å²) in [6.45, 7) is 0. The van der Waals surface area contributed by atoms with Gasteiger partial charge in [-0.3, -0.25) is 0 Å². The predicted molar refractivity (Wildman–Crippen MR) is 87.0 cm³/mol. The van der Waals surface area contributed by atoms with E-state index in [1.165, 1.54) is 0 Å². The number of rotatable bonds is 2. The maximum atomic E-state index is 6.20. The highest BCUT2D eigenvalue weighted by Gasteiger charge is 2.17. The second kappa shape index (κ2) is 5.93. The Hall–Kier alpha value is 0.940. The van der Waals surface area contributed by atoms with Crippen LogP contribution in [0.4, 0.5) is 0 Å². The minimum absolute atomic E-state index is 0.0429. The zero-order chi connectivity index (χ0) is 12.6. The highest BCUT2D eigenvalue weighted by atomic mass is 79.9. The molecule has 1 atom stereocenters. The van der Waals surface area contributed by atoms with E-state index in [4.69, 9.17) is 23.2 Å². The van der Waals surface area contributed by atoms with Crippen LogP contribution >= 0.6 is 82.3 Å². The van der Waals surface area contributed by atoms with Gasteiger partial charge in [-0.1, -0.05) is 55.1 Å². The zero-order valence-electron chi connectivity index (χ0n) is 8.18. The summed E-state index contributed by atoms with van der Waals surface area (Å²) < 4.78 is 1.94. The average molecular weight is 480 g/mol. The Kier molecular flexibility index (Phi) is 5.01. The Bertz CT molecular complexity index is 534. The fraction of sp³-hybridized carbons (Fsp3) is 0.0909. The number of hydrogen-bond donors (Lipinski definition) is 0. The normalized spacial score (nSPS) is 12.8. The molecule has 0 amide bonds. The number of benzene rings is 1. The first-order valence-corrected chi connectivity index (χ1v) is 8.60. The third kappa shape index (κ3) is 3.28. The summed E-state index contributed by atoms with van der Waals surface area (Å²) in [5, 5.41) is 1.45. The molecule has 1 heterocycles. The largest absolute Gasteiger partial charge is 0.130 e. The Morgan fingerprint density at radius 1 is 1.06 bits per heavy atom. The standard InChI is InChI=1S/C11H5Br3Cl2S/c12-5-1-2-7(15)6(3-5)10(13)9-4-8(16)11(14)17-9/h1-4,10H. The van der Waals surface area contributed by atoms with Gasteiger partial charge < -0.3 is 0 Å². The van der Waals surface area contributed by atoms with Crippen LogP contribution in [0.3, 0.4) is 0 Å². The van der Waals surface area contributed by atoms with Crippen molar-refractivity contribution in [1.29, 1.82) is 0 Å². The Labute approximate surface area is 139 Å². The van der Waals surface area contributed by atoms with Gasteiger partial charge >= 0.3 is 0 Å². The fourth-order valence-corrected chi connectivity index (χ4v) is 4.62. The van der Waals surface area contributed by atoms with Crippen molar-refractivity contribution >= 4 is 82.3 Å². The first kappa shape index (κ1) is 14.4. The summed E-state index contributed by atoms with van der Waals surface area (Å²) >= 11 is 24.3. The minimum atomic E-state index is 0.0429. The van der Waals surface area contributed by atoms with Crippen LogP contribution in [0, 0.1) is 0 Å². The van der Waals surface area contributed by atoms with E-state index < -0.39 is 0 Å². The second-order valence-corrected chi connectivity index (χ2v) is 8.35. The van der Waals surface area contributed by atoms with Gasteiger partial charge in [0.15, 0.2) is 0 Å². The summed E-state index contributed by atoms with van der Waals surface area (Å²) in [5.41, 5.74) is 1.02. The van der Waals surface area contributed by atoms with Gasteiger partial charge in [-0.25, -0.2) is 0 Å². The summed E-state index contributed by atoms with van der Waals surface area (Å²) in [6.07, 6.45) is 0. The third-order valence-electron chi connectivity index (χ3n) is 2.15. The molecular weight excluding hydrogens is 475 g/mol. The van der Waals surface area contributed by atoms with Crippen LogP contribution in [0.15, 0.2) is 32.5 Å². The van der Waals surface area contributed by atoms with Crippen LogP contribution < -0.4 is 0 Å². The molecule has 1 aromatic carbocycles. The highest BCUT2D eigenvalue weighted by Crippen LogP contribution is 2.43. The topological polar surface area (TPSA) is 0 Å². The summed E-state index contributed by atoms with van der Waals surface area (Å²) in [4.78, 5) is 1.16. The SMILES string of the molecule is Clc1ccc(Br)cc1C(Br)c1cc(Cl)c(Br)s1. The smallest absolute Gasteiger partial charge is 0.0887 e. The zero-order valence-corrected chi connectivity index (χ0v) is 15.3. The van der Waals surface area contributed by atoms with Crippen molar-refractivity contribution in [3.05, 3.63) is 53.0 Å². The van der Waals surface area contributed by atoms with Crippen LogP contribution in [0.25, 0.3) is 0 Å². The van der Waals surface area contributed by atoms with Gasteiger partial charge in [0, 0.05) is 14.4 Å². The van der Waals surface area contributed by atoms with E-state index in [0.717, 1.165) is 28.7 Å². The average Bonchev–Trinajstić information content (AvgIpc) is 2.62. The molecule has 0 saturated heterocycles. The molecule has 0 nitrogen and oxygen atoms in total. The molecule has 90 valence electrons. The number of thiophene rings is 1. The highest BCUT2D eigenvalue weighted by molar-refractivity contribution is 9.11. The summed E-state index contributed by atoms with van der Waals surface area (Å²) in [7, 11) is 0. The van der Waals surface area contributed by atoms with E-state index in [2.05, 4.69) is 47.8 Å². The van der Waals surface area contributed by atoms with E-state index in [0.29, 0.717) is 0 Å². The van der Waals surface area contributed by atoms with Crippen molar-refractivity contribution in [2.75, 3.05) is 0 Å². The van der Waals surface area contributed by atoms with Gasteiger partial charge in [0.25, 0.3) is 0 Å². The van der Waals surface area contributed by atoms with E-state index in [-0.39, 0.29) is 4.83 Å². The van der Waals surface area contributed by atoms with Crippen LogP contribution in [-0.2, 0) is 0 Å². The number of hydrogen-bond acceptors (Lipinski definition) is 1. The van der Waals surface area contributed by atoms with Crippen LogP contribution in [-0.4, -0.2) is 0 Å². The molecule has 0 saturated carbocycles. The van der Waals surface area contributed by atoms with Crippen molar-refractivity contribution < 1.29 is 0 Å². The molecule has 17 heavy (non-hydrogen) atoms. The number of alkyl halides is 1. The molecule has 1 aromatic heterocycles. The molecular formula is C11H5Br3Cl2S. The van der Waals surface area contributed by atoms with E-state index >= 15 is 0 Å². The maximum absolute atomic E-state index is 6.20. The minimum Gasteiger partial charge on any atom is -0.130 e. The van der Waals surface area contributed by atoms with E-state index in [1.54, 1.807) is 11.3 Å². The molecule has 1 unspecified atom stereocenters. The van der Waals surface area contributed by atoms with Gasteiger partial charge in [-0.2, -0.15) is 0 Å². The van der Waals surface area contributed by atoms with Crippen molar-refractivity contribution in [2.24, 2.45) is 0 Å². The van der Waals surface area contributed by atoms with Gasteiger partial charge in [-0.05, 0) is 45.8 Å². The van der Waals surface area contributed by atoms with Crippen molar-refractivity contribution in [1.82, 2.24) is 0 Å². The van der Waals surface area contributed by atoms with Gasteiger partial charge in [-0.15, -0.1) is 11.3 Å². The Morgan fingerprint density at radius 2 is 1.76 bits per heavy atom. The lowest BCUT2D eigenvalue weighted by Gasteiger charge is -2.10. The lowest BCUT2D eigenvalue weighted by molar-refractivity contribution is 1.22. The van der Waals surface area contributed by atoms with Gasteiger partial charge in [0.1, 0.15) is 0 Å². The quantitative estimate of drug-likeness (QED) is 0.404. The Balaban J connectivity index is 2.42. The molecule has 0 aliphatic heterocycles. The summed E-state index contributed by atoms with van der Waals surface area (Å²) in [5.74, 6) is 0. The summed E-state index contributed by atoms with van der Waals surface area (Å²) in [6, 6.07) is 7.73. The predicted octanol–water partition coefficient (Wildman–Crippen LogP) is 7.06. The van der Waals surface area contributed by atoms with Crippen LogP contribution in [0.2, 0.25) is 10.0 Å². The lowest BCUT2D eigenvalue weighted by Crippen LogP contribution is -1.90. The number of halogens is 5. The first-order valence-electron chi connectivity index (χ1n) is 4.53. The molecule has 2 rings (SSSR count). The molecule has 0 bridgehead atoms. The molecule has 0 aliphatic rings. The third-order valence-corrected chi connectivity index (χ3v) is 6.81. The Morgan fingerprint density at radius 3 is 2.35 bits per heavy atom. The second-order valence-electron chi connectivity index (χ2n) is 3.30. The van der Waals surface area contributed by atoms with E-state index in [9.17, 15) is 0 Å². The molecule has 6 heteroatoms. The molecule has 0 spiro atoms.